The number of nitrogens with two attached hydrogens (primary N) is 1. The number of halogens is 1. The van der Waals surface area contributed by atoms with Gasteiger partial charge in [-0.25, -0.2) is 0 Å². The third kappa shape index (κ3) is 4.23. The van der Waals surface area contributed by atoms with Gasteiger partial charge in [-0.05, 0) is 45.3 Å². The maximum absolute atomic E-state index is 5.68. The van der Waals surface area contributed by atoms with Crippen LogP contribution in [0, 0.1) is 0 Å². The first-order chi connectivity index (χ1) is 9.29. The number of hydrogen-bond donors (Lipinski definition) is 1. The van der Waals surface area contributed by atoms with Crippen molar-refractivity contribution in [2.45, 2.75) is 6.54 Å². The van der Waals surface area contributed by atoms with Gasteiger partial charge in [-0.2, -0.15) is 0 Å². The predicted molar refractivity (Wildman–Crippen MR) is 83.0 cm³/mol. The number of ether oxygens (including phenoxy) is 1. The molecule has 2 rings (SSSR count). The first-order valence-corrected chi connectivity index (χ1v) is 6.92. The maximum Gasteiger partial charge on any atom is 0.133 e. The van der Waals surface area contributed by atoms with Gasteiger partial charge in [0.2, 0.25) is 0 Å². The van der Waals surface area contributed by atoms with Crippen LogP contribution in [0.25, 0.3) is 6.08 Å². The lowest BCUT2D eigenvalue weighted by molar-refractivity contribution is 0.361. The van der Waals surface area contributed by atoms with Crippen molar-refractivity contribution in [1.29, 1.82) is 0 Å². The number of rotatable bonds is 5. The summed E-state index contributed by atoms with van der Waals surface area (Å²) in [6.07, 6.45) is 4.04. The topological polar surface area (TPSA) is 35.2 Å². The highest BCUT2D eigenvalue weighted by Gasteiger charge is 2.00. The van der Waals surface area contributed by atoms with Gasteiger partial charge in [-0.15, -0.1) is 0 Å². The monoisotopic (exact) mass is 317 g/mol. The molecule has 0 atom stereocenters. The molecule has 0 amide bonds. The van der Waals surface area contributed by atoms with E-state index in [0.717, 1.165) is 15.8 Å². The third-order valence-corrected chi connectivity index (χ3v) is 3.30. The van der Waals surface area contributed by atoms with E-state index in [1.54, 1.807) is 0 Å². The molecule has 0 aliphatic heterocycles. The Balaban J connectivity index is 1.91. The van der Waals surface area contributed by atoms with Crippen molar-refractivity contribution in [2.24, 2.45) is 5.73 Å². The van der Waals surface area contributed by atoms with Crippen LogP contribution in [-0.2, 0) is 6.54 Å². The molecule has 0 aromatic heterocycles. The van der Waals surface area contributed by atoms with E-state index in [1.165, 1.54) is 5.56 Å². The van der Waals surface area contributed by atoms with Crippen molar-refractivity contribution in [2.75, 3.05) is 6.61 Å². The summed E-state index contributed by atoms with van der Waals surface area (Å²) < 4.78 is 6.62. The van der Waals surface area contributed by atoms with Crippen LogP contribution in [0.5, 0.6) is 5.75 Å². The minimum Gasteiger partial charge on any atom is -0.488 e. The minimum absolute atomic E-state index is 0.535. The molecule has 0 spiro atoms. The normalized spacial score (nSPS) is 10.8. The number of hydrogen-bond acceptors (Lipinski definition) is 2. The summed E-state index contributed by atoms with van der Waals surface area (Å²) in [5.41, 5.74) is 7.83. The van der Waals surface area contributed by atoms with Crippen LogP contribution in [0.4, 0.5) is 0 Å². The van der Waals surface area contributed by atoms with Crippen LogP contribution in [0.15, 0.2) is 59.1 Å². The molecule has 2 N–H and O–H groups in total. The Labute approximate surface area is 122 Å². The quantitative estimate of drug-likeness (QED) is 0.904. The zero-order valence-electron chi connectivity index (χ0n) is 10.6. The highest BCUT2D eigenvalue weighted by atomic mass is 79.9. The molecule has 0 saturated carbocycles. The highest BCUT2D eigenvalue weighted by molar-refractivity contribution is 9.10. The molecule has 0 bridgehead atoms. The fourth-order valence-corrected chi connectivity index (χ4v) is 2.22. The summed E-state index contributed by atoms with van der Waals surface area (Å²) in [6.45, 7) is 1.07. The molecule has 2 aromatic carbocycles. The summed E-state index contributed by atoms with van der Waals surface area (Å²) >= 11 is 3.48. The lowest BCUT2D eigenvalue weighted by Gasteiger charge is -2.07. The van der Waals surface area contributed by atoms with Gasteiger partial charge in [-0.1, -0.05) is 42.5 Å². The smallest absolute Gasteiger partial charge is 0.133 e. The van der Waals surface area contributed by atoms with Crippen LogP contribution in [0.1, 0.15) is 11.1 Å². The summed E-state index contributed by atoms with van der Waals surface area (Å²) in [4.78, 5) is 0. The average molecular weight is 318 g/mol. The van der Waals surface area contributed by atoms with E-state index >= 15 is 0 Å². The second kappa shape index (κ2) is 7.12. The molecule has 19 heavy (non-hydrogen) atoms. The van der Waals surface area contributed by atoms with Crippen molar-refractivity contribution in [3.05, 3.63) is 70.2 Å². The van der Waals surface area contributed by atoms with Crippen LogP contribution < -0.4 is 10.5 Å². The predicted octanol–water partition coefficient (Wildman–Crippen LogP) is 4.00. The van der Waals surface area contributed by atoms with Crippen molar-refractivity contribution in [3.63, 3.8) is 0 Å². The lowest BCUT2D eigenvalue weighted by Crippen LogP contribution is -1.98. The molecule has 0 aliphatic carbocycles. The van der Waals surface area contributed by atoms with E-state index in [2.05, 4.69) is 28.1 Å². The van der Waals surface area contributed by atoms with Crippen molar-refractivity contribution < 1.29 is 4.74 Å². The van der Waals surface area contributed by atoms with E-state index in [1.807, 2.05) is 48.6 Å². The standard InChI is InChI=1S/C16H16BrNO/c17-15-11-14(12-18)8-9-16(15)19-10-4-7-13-5-2-1-3-6-13/h1-9,11H,10,12,18H2. The van der Waals surface area contributed by atoms with Crippen molar-refractivity contribution >= 4 is 22.0 Å². The Bertz CT molecular complexity index is 552. The van der Waals surface area contributed by atoms with E-state index in [-0.39, 0.29) is 0 Å². The van der Waals surface area contributed by atoms with Gasteiger partial charge in [-0.3, -0.25) is 0 Å². The molecule has 0 fully saturated rings. The highest BCUT2D eigenvalue weighted by Crippen LogP contribution is 2.25. The first-order valence-electron chi connectivity index (χ1n) is 6.12. The zero-order valence-corrected chi connectivity index (χ0v) is 12.1. The maximum atomic E-state index is 5.68. The van der Waals surface area contributed by atoms with Gasteiger partial charge in [0.1, 0.15) is 12.4 Å². The second-order valence-corrected chi connectivity index (χ2v) is 4.95. The van der Waals surface area contributed by atoms with E-state index < -0.39 is 0 Å². The van der Waals surface area contributed by atoms with Crippen molar-refractivity contribution in [3.8, 4) is 5.75 Å². The fourth-order valence-electron chi connectivity index (χ4n) is 1.67. The Hall–Kier alpha value is -1.58. The Morgan fingerprint density at radius 2 is 1.89 bits per heavy atom. The summed E-state index contributed by atoms with van der Waals surface area (Å²) in [5, 5.41) is 0. The SMILES string of the molecule is NCc1ccc(OCC=Cc2ccccc2)c(Br)c1. The van der Waals surface area contributed by atoms with Crippen LogP contribution in [0.3, 0.4) is 0 Å². The molecule has 98 valence electrons. The largest absolute Gasteiger partial charge is 0.488 e. The average Bonchev–Trinajstić information content (AvgIpc) is 2.46. The second-order valence-electron chi connectivity index (χ2n) is 4.09. The summed E-state index contributed by atoms with van der Waals surface area (Å²) in [7, 11) is 0. The molecule has 0 unspecified atom stereocenters. The summed E-state index contributed by atoms with van der Waals surface area (Å²) in [6, 6.07) is 16.0. The Morgan fingerprint density at radius 1 is 1.11 bits per heavy atom. The molecule has 2 nitrogen and oxygen atoms in total. The van der Waals surface area contributed by atoms with Crippen molar-refractivity contribution in [1.82, 2.24) is 0 Å². The molecule has 0 heterocycles. The van der Waals surface area contributed by atoms with E-state index in [0.29, 0.717) is 13.2 Å². The number of benzene rings is 2. The molecule has 2 aromatic rings. The van der Waals surface area contributed by atoms with Crippen LogP contribution in [0.2, 0.25) is 0 Å². The molecular formula is C16H16BrNO. The fraction of sp³-hybridized carbons (Fsp3) is 0.125. The molecule has 0 saturated heterocycles. The first kappa shape index (κ1) is 13.8. The summed E-state index contributed by atoms with van der Waals surface area (Å²) in [5.74, 6) is 0.829. The molecule has 3 heteroatoms. The van der Waals surface area contributed by atoms with Crippen LogP contribution in [-0.4, -0.2) is 6.61 Å². The van der Waals surface area contributed by atoms with E-state index in [9.17, 15) is 0 Å². The zero-order chi connectivity index (χ0) is 13.5. The lowest BCUT2D eigenvalue weighted by atomic mass is 10.2. The van der Waals surface area contributed by atoms with Crippen LogP contribution >= 0.6 is 15.9 Å². The Kier molecular flexibility index (Phi) is 5.19. The third-order valence-electron chi connectivity index (χ3n) is 2.68. The molecule has 0 radical (unpaired) electrons. The van der Waals surface area contributed by atoms with Gasteiger partial charge in [0.05, 0.1) is 4.47 Å². The van der Waals surface area contributed by atoms with Gasteiger partial charge >= 0.3 is 0 Å². The van der Waals surface area contributed by atoms with Gasteiger partial charge in [0.15, 0.2) is 0 Å². The minimum atomic E-state index is 0.535. The van der Waals surface area contributed by atoms with Gasteiger partial charge < -0.3 is 10.5 Å². The Morgan fingerprint density at radius 3 is 2.58 bits per heavy atom. The molecule has 0 aliphatic rings. The van der Waals surface area contributed by atoms with Gasteiger partial charge in [0.25, 0.3) is 0 Å². The van der Waals surface area contributed by atoms with Gasteiger partial charge in [0, 0.05) is 6.54 Å². The molecular weight excluding hydrogens is 302 g/mol. The van der Waals surface area contributed by atoms with E-state index in [4.69, 9.17) is 10.5 Å².